The molecule has 1 atom stereocenters. The fourth-order valence-corrected chi connectivity index (χ4v) is 3.49. The van der Waals surface area contributed by atoms with E-state index in [0.717, 1.165) is 5.69 Å². The number of quaternary nitrogens is 1. The Bertz CT molecular complexity index is 1160. The van der Waals surface area contributed by atoms with Crippen molar-refractivity contribution in [2.75, 3.05) is 26.0 Å². The van der Waals surface area contributed by atoms with Gasteiger partial charge in [-0.15, -0.1) is 0 Å². The van der Waals surface area contributed by atoms with Gasteiger partial charge in [0.25, 0.3) is 5.91 Å². The first-order valence-electron chi connectivity index (χ1n) is 9.76. The van der Waals surface area contributed by atoms with Crippen molar-refractivity contribution < 1.29 is 92.5 Å². The average molecular weight is 571 g/mol. The summed E-state index contributed by atoms with van der Waals surface area (Å²) in [5.74, 6) is -0.739. The summed E-state index contributed by atoms with van der Waals surface area (Å²) < 4.78 is 5.33. The summed E-state index contributed by atoms with van der Waals surface area (Å²) in [6, 6.07) is 13.8. The number of aliphatic hydroxyl groups is 1. The van der Waals surface area contributed by atoms with E-state index in [0.29, 0.717) is 33.6 Å². The van der Waals surface area contributed by atoms with Gasteiger partial charge in [-0.25, -0.2) is 9.28 Å². The number of anilines is 1. The van der Waals surface area contributed by atoms with Crippen LogP contribution >= 0.6 is 0 Å². The molecule has 170 valence electrons. The number of fused-ring (bicyclic) bond motifs is 1. The maximum atomic E-state index is 13.4. The number of carbonyl (C=O) groups is 2. The fraction of sp³-hybridized carbons (Fsp3) is 0.208. The number of aliphatic hydroxyl groups excluding tert-OH is 1. The Labute approximate surface area is 253 Å². The zero-order chi connectivity index (χ0) is 22.8. The first kappa shape index (κ1) is 29.5. The minimum atomic E-state index is -1.08. The summed E-state index contributed by atoms with van der Waals surface area (Å²) in [7, 11) is 3.07. The van der Waals surface area contributed by atoms with Crippen LogP contribution in [0.1, 0.15) is 21.7 Å². The van der Waals surface area contributed by atoms with Crippen molar-refractivity contribution in [2.45, 2.75) is 13.0 Å². The number of carbonyl (C=O) groups excluding carboxylic acids is 2. The predicted molar refractivity (Wildman–Crippen MR) is 126 cm³/mol. The van der Waals surface area contributed by atoms with Gasteiger partial charge in [0.1, 0.15) is 23.5 Å². The quantitative estimate of drug-likeness (QED) is 0.226. The summed E-state index contributed by atoms with van der Waals surface area (Å²) >= 11 is 0. The number of para-hydroxylation sites is 1. The molecular formula is C24H30CsN4O4+. The van der Waals surface area contributed by atoms with Gasteiger partial charge in [0, 0.05) is 17.3 Å². The van der Waals surface area contributed by atoms with Gasteiger partial charge >= 0.3 is 74.8 Å². The Morgan fingerprint density at radius 2 is 1.79 bits per heavy atom. The number of rotatable bonds is 7. The van der Waals surface area contributed by atoms with E-state index in [1.807, 2.05) is 30.3 Å². The fourth-order valence-electron chi connectivity index (χ4n) is 3.49. The zero-order valence-corrected chi connectivity index (χ0v) is 26.0. The van der Waals surface area contributed by atoms with Crippen LogP contribution in [0, 0.1) is 14.4 Å². The minimum absolute atomic E-state index is 0. The van der Waals surface area contributed by atoms with E-state index >= 15 is 0 Å². The second-order valence-corrected chi connectivity index (χ2v) is 7.80. The molecule has 0 bridgehead atoms. The Kier molecular flexibility index (Phi) is 10.9. The van der Waals surface area contributed by atoms with Crippen molar-refractivity contribution in [1.82, 2.24) is 0 Å². The molecule has 9 heteroatoms. The molecule has 0 saturated heterocycles. The standard InChI is InChI=1S/C23H26N4O4.CH3.Cs/c1-14-21(23(30)27(2,3)19(13-28)22(25)29)17-11-15(9-10-20(17)31-14)18(24)12-26-16-7-5-4-6-8-16;;/h4-12,19,26,28H,13,24H2,1-3H3,(H-,25,29);1H3;/q;-1;+1/p+1/b18-12-;;. The van der Waals surface area contributed by atoms with Gasteiger partial charge in [0.05, 0.1) is 19.8 Å². The number of nitrogens with two attached hydrogens (primary N) is 2. The third-order valence-electron chi connectivity index (χ3n) is 5.38. The van der Waals surface area contributed by atoms with Crippen LogP contribution in [0.5, 0.6) is 0 Å². The number of hydrogen-bond acceptors (Lipinski definition) is 6. The molecule has 0 radical (unpaired) electrons. The van der Waals surface area contributed by atoms with E-state index in [-0.39, 0.29) is 76.3 Å². The van der Waals surface area contributed by atoms with E-state index in [4.69, 9.17) is 15.9 Å². The van der Waals surface area contributed by atoms with Gasteiger partial charge in [-0.2, -0.15) is 0 Å². The Hall–Kier alpha value is -1.57. The van der Waals surface area contributed by atoms with Gasteiger partial charge < -0.3 is 33.7 Å². The van der Waals surface area contributed by atoms with Gasteiger partial charge in [0.2, 0.25) is 0 Å². The second-order valence-electron chi connectivity index (χ2n) is 7.80. The number of likely N-dealkylation sites (N-methyl/N-ethyl adjacent to an activating group) is 1. The van der Waals surface area contributed by atoms with Crippen LogP contribution in [0.15, 0.2) is 59.1 Å². The Morgan fingerprint density at radius 1 is 1.15 bits per heavy atom. The molecule has 1 heterocycles. The van der Waals surface area contributed by atoms with Crippen molar-refractivity contribution >= 4 is 34.2 Å². The maximum absolute atomic E-state index is 13.4. The number of hydrogen-bond donors (Lipinski definition) is 4. The molecule has 0 saturated carbocycles. The first-order valence-corrected chi connectivity index (χ1v) is 9.76. The first-order chi connectivity index (χ1) is 14.7. The number of amides is 2. The van der Waals surface area contributed by atoms with Crippen LogP contribution in [0.2, 0.25) is 0 Å². The smallest absolute Gasteiger partial charge is 0.460 e. The maximum Gasteiger partial charge on any atom is 1.00 e. The largest absolute Gasteiger partial charge is 1.00 e. The average Bonchev–Trinajstić information content (AvgIpc) is 3.06. The summed E-state index contributed by atoms with van der Waals surface area (Å²) in [6.07, 6.45) is 1.68. The topological polar surface area (TPSA) is 132 Å². The molecule has 0 aliphatic heterocycles. The molecule has 3 rings (SSSR count). The molecule has 33 heavy (non-hydrogen) atoms. The Balaban J connectivity index is 0.00000272. The molecule has 3 aromatic rings. The number of aryl methyl sites for hydroxylation is 1. The van der Waals surface area contributed by atoms with Gasteiger partial charge in [-0.3, -0.25) is 4.79 Å². The molecule has 1 unspecified atom stereocenters. The molecule has 1 aromatic heterocycles. The Morgan fingerprint density at radius 3 is 2.36 bits per heavy atom. The molecule has 2 aromatic carbocycles. The number of primary amides is 1. The van der Waals surface area contributed by atoms with E-state index in [9.17, 15) is 14.7 Å². The number of furan rings is 1. The van der Waals surface area contributed by atoms with E-state index in [1.54, 1.807) is 31.3 Å². The van der Waals surface area contributed by atoms with Gasteiger partial charge in [-0.1, -0.05) is 18.2 Å². The summed E-state index contributed by atoms with van der Waals surface area (Å²) in [5.41, 5.74) is 14.6. The molecule has 6 N–H and O–H groups in total. The molecule has 2 amide bonds. The van der Waals surface area contributed by atoms with Crippen LogP contribution < -0.4 is 85.7 Å². The third-order valence-corrected chi connectivity index (χ3v) is 5.38. The second kappa shape index (κ2) is 12.2. The number of nitrogens with zero attached hydrogens (tertiary/aromatic N) is 1. The third kappa shape index (κ3) is 6.31. The van der Waals surface area contributed by atoms with E-state index in [2.05, 4.69) is 5.32 Å². The van der Waals surface area contributed by atoms with Crippen molar-refractivity contribution in [1.29, 1.82) is 0 Å². The van der Waals surface area contributed by atoms with E-state index < -0.39 is 28.9 Å². The molecule has 0 aliphatic carbocycles. The predicted octanol–water partition coefficient (Wildman–Crippen LogP) is -0.372. The van der Waals surface area contributed by atoms with Crippen LogP contribution in [-0.4, -0.2) is 48.1 Å². The summed E-state index contributed by atoms with van der Waals surface area (Å²) in [6.45, 7) is 1.14. The van der Waals surface area contributed by atoms with Gasteiger partial charge in [0.15, 0.2) is 6.04 Å². The monoisotopic (exact) mass is 571 g/mol. The molecular weight excluding hydrogens is 541 g/mol. The summed E-state index contributed by atoms with van der Waals surface area (Å²) in [5, 5.41) is 13.3. The van der Waals surface area contributed by atoms with Gasteiger partial charge in [-0.05, 0) is 42.8 Å². The van der Waals surface area contributed by atoms with Crippen LogP contribution in [0.3, 0.4) is 0 Å². The van der Waals surface area contributed by atoms with Crippen molar-refractivity contribution in [3.8, 4) is 0 Å². The zero-order valence-electron chi connectivity index (χ0n) is 19.8. The van der Waals surface area contributed by atoms with Crippen LogP contribution in [0.25, 0.3) is 16.7 Å². The molecule has 0 aliphatic rings. The molecule has 0 spiro atoms. The number of nitrogens with one attached hydrogen (secondary N) is 1. The summed E-state index contributed by atoms with van der Waals surface area (Å²) in [4.78, 5) is 25.2. The SMILES string of the molecule is Cc1oc2ccc(/C(N)=C/Nc3ccccc3)cc2c1C(=O)[N+](C)(C)C(CO)C(N)=O.[CH3-].[Cs+]. The number of benzene rings is 2. The normalized spacial score (nSPS) is 12.4. The van der Waals surface area contributed by atoms with Crippen molar-refractivity contribution in [3.05, 3.63) is 79.0 Å². The van der Waals surface area contributed by atoms with Crippen LogP contribution in [-0.2, 0) is 4.79 Å². The van der Waals surface area contributed by atoms with E-state index in [1.165, 1.54) is 14.1 Å². The van der Waals surface area contributed by atoms with Crippen molar-refractivity contribution in [3.63, 3.8) is 0 Å². The van der Waals surface area contributed by atoms with Crippen molar-refractivity contribution in [2.24, 2.45) is 11.5 Å². The molecule has 8 nitrogen and oxygen atoms in total. The molecule has 0 fully saturated rings. The van der Waals surface area contributed by atoms with Crippen LogP contribution in [0.4, 0.5) is 5.69 Å². The minimum Gasteiger partial charge on any atom is -0.460 e.